The van der Waals surface area contributed by atoms with Crippen LogP contribution in [0, 0.1) is 6.92 Å². The zero-order chi connectivity index (χ0) is 16.8. The third kappa shape index (κ3) is 4.03. The van der Waals surface area contributed by atoms with Gasteiger partial charge in [0.15, 0.2) is 0 Å². The van der Waals surface area contributed by atoms with Gasteiger partial charge < -0.3 is 10.1 Å². The zero-order valence-corrected chi connectivity index (χ0v) is 12.9. The van der Waals surface area contributed by atoms with Crippen molar-refractivity contribution in [3.05, 3.63) is 63.6 Å². The van der Waals surface area contributed by atoms with E-state index >= 15 is 0 Å². The Morgan fingerprint density at radius 1 is 1.17 bits per heavy atom. The summed E-state index contributed by atoms with van der Waals surface area (Å²) in [7, 11) is 1.26. The van der Waals surface area contributed by atoms with E-state index in [4.69, 9.17) is 0 Å². The molecule has 0 aliphatic rings. The van der Waals surface area contributed by atoms with E-state index in [-0.39, 0.29) is 29.8 Å². The molecule has 0 aliphatic carbocycles. The summed E-state index contributed by atoms with van der Waals surface area (Å²) in [6.07, 6.45) is 0. The highest BCUT2D eigenvalue weighted by atomic mass is 16.5. The number of aryl methyl sites for hydroxylation is 1. The van der Waals surface area contributed by atoms with Gasteiger partial charge in [-0.25, -0.2) is 9.48 Å². The lowest BCUT2D eigenvalue weighted by Gasteiger charge is -2.09. The van der Waals surface area contributed by atoms with Gasteiger partial charge in [-0.1, -0.05) is 12.1 Å². The van der Waals surface area contributed by atoms with Crippen molar-refractivity contribution >= 4 is 11.9 Å². The van der Waals surface area contributed by atoms with Gasteiger partial charge in [-0.2, -0.15) is 5.10 Å². The predicted molar refractivity (Wildman–Crippen MR) is 83.3 cm³/mol. The molecule has 0 atom stereocenters. The molecule has 0 saturated carbocycles. The number of carbonyl (C=O) groups excluding carboxylic acids is 2. The molecule has 23 heavy (non-hydrogen) atoms. The summed E-state index contributed by atoms with van der Waals surface area (Å²) in [4.78, 5) is 35.5. The number of esters is 1. The first-order valence-electron chi connectivity index (χ1n) is 7.03. The van der Waals surface area contributed by atoms with Gasteiger partial charge in [0, 0.05) is 12.6 Å². The van der Waals surface area contributed by atoms with Gasteiger partial charge in [-0.15, -0.1) is 0 Å². The first kappa shape index (κ1) is 16.4. The number of nitrogens with zero attached hydrogens (tertiary/aromatic N) is 2. The van der Waals surface area contributed by atoms with Crippen LogP contribution in [0.25, 0.3) is 0 Å². The molecule has 120 valence electrons. The Hall–Kier alpha value is -2.96. The van der Waals surface area contributed by atoms with Crippen molar-refractivity contribution in [1.82, 2.24) is 15.1 Å². The van der Waals surface area contributed by atoms with E-state index in [1.54, 1.807) is 31.2 Å². The number of carbonyl (C=O) groups is 2. The maximum absolute atomic E-state index is 12.2. The normalized spacial score (nSPS) is 10.2. The van der Waals surface area contributed by atoms with Crippen LogP contribution < -0.4 is 10.9 Å². The van der Waals surface area contributed by atoms with Crippen molar-refractivity contribution in [2.45, 2.75) is 13.5 Å². The number of benzene rings is 1. The molecule has 0 aliphatic heterocycles. The Labute approximate surface area is 132 Å². The lowest BCUT2D eigenvalue weighted by molar-refractivity contribution is 0.0596. The number of nitrogens with one attached hydrogen (secondary N) is 1. The van der Waals surface area contributed by atoms with E-state index in [9.17, 15) is 14.4 Å². The van der Waals surface area contributed by atoms with E-state index < -0.39 is 11.9 Å². The number of hydrogen-bond acceptors (Lipinski definition) is 5. The van der Waals surface area contributed by atoms with Gasteiger partial charge in [-0.3, -0.25) is 9.59 Å². The highest BCUT2D eigenvalue weighted by molar-refractivity contribution is 6.05. The van der Waals surface area contributed by atoms with Crippen molar-refractivity contribution in [1.29, 1.82) is 0 Å². The average molecular weight is 315 g/mol. The number of amides is 1. The third-order valence-electron chi connectivity index (χ3n) is 3.19. The van der Waals surface area contributed by atoms with Crippen LogP contribution in [0.1, 0.15) is 26.4 Å². The van der Waals surface area contributed by atoms with E-state index in [2.05, 4.69) is 15.2 Å². The Balaban J connectivity index is 2.05. The molecule has 0 fully saturated rings. The standard InChI is InChI=1S/C16H17N3O4/c1-11-7-8-14(20)19(18-11)10-9-17-15(21)12-5-3-4-6-13(12)16(22)23-2/h3-8H,9-10H2,1-2H3,(H,17,21). The first-order valence-corrected chi connectivity index (χ1v) is 7.03. The summed E-state index contributed by atoms with van der Waals surface area (Å²) in [6.45, 7) is 2.23. The van der Waals surface area contributed by atoms with Crippen molar-refractivity contribution in [3.63, 3.8) is 0 Å². The fourth-order valence-corrected chi connectivity index (χ4v) is 2.05. The van der Waals surface area contributed by atoms with Crippen molar-refractivity contribution < 1.29 is 14.3 Å². The van der Waals surface area contributed by atoms with Crippen LogP contribution in [0.5, 0.6) is 0 Å². The molecule has 7 nitrogen and oxygen atoms in total. The van der Waals surface area contributed by atoms with E-state index in [1.807, 2.05) is 0 Å². The SMILES string of the molecule is COC(=O)c1ccccc1C(=O)NCCn1nc(C)ccc1=O. The minimum atomic E-state index is -0.577. The molecule has 1 amide bonds. The van der Waals surface area contributed by atoms with Crippen LogP contribution in [0.2, 0.25) is 0 Å². The second kappa shape index (κ2) is 7.35. The molecule has 0 unspecified atom stereocenters. The lowest BCUT2D eigenvalue weighted by Crippen LogP contribution is -2.32. The fourth-order valence-electron chi connectivity index (χ4n) is 2.05. The van der Waals surface area contributed by atoms with Gasteiger partial charge in [0.2, 0.25) is 0 Å². The highest BCUT2D eigenvalue weighted by Crippen LogP contribution is 2.09. The van der Waals surface area contributed by atoms with Gasteiger partial charge in [0.05, 0.1) is 30.5 Å². The molecule has 0 saturated heterocycles. The highest BCUT2D eigenvalue weighted by Gasteiger charge is 2.16. The molecule has 2 rings (SSSR count). The molecule has 1 aromatic heterocycles. The monoisotopic (exact) mass is 315 g/mol. The summed E-state index contributed by atoms with van der Waals surface area (Å²) in [6, 6.07) is 9.43. The smallest absolute Gasteiger partial charge is 0.338 e. The molecule has 1 heterocycles. The van der Waals surface area contributed by atoms with Crippen molar-refractivity contribution in [2.75, 3.05) is 13.7 Å². The van der Waals surface area contributed by atoms with Crippen LogP contribution >= 0.6 is 0 Å². The Morgan fingerprint density at radius 2 is 1.87 bits per heavy atom. The van der Waals surface area contributed by atoms with Crippen LogP contribution in [-0.4, -0.2) is 35.3 Å². The average Bonchev–Trinajstić information content (AvgIpc) is 2.57. The largest absolute Gasteiger partial charge is 0.465 e. The topological polar surface area (TPSA) is 90.3 Å². The predicted octanol–water partition coefficient (Wildman–Crippen LogP) is 0.768. The summed E-state index contributed by atoms with van der Waals surface area (Å²) >= 11 is 0. The second-order valence-electron chi connectivity index (χ2n) is 4.83. The van der Waals surface area contributed by atoms with E-state index in [0.29, 0.717) is 5.69 Å². The summed E-state index contributed by atoms with van der Waals surface area (Å²) in [5, 5.41) is 6.75. The minimum absolute atomic E-state index is 0.193. The molecule has 1 N–H and O–H groups in total. The molecule has 0 spiro atoms. The van der Waals surface area contributed by atoms with Gasteiger partial charge in [0.1, 0.15) is 0 Å². The number of methoxy groups -OCH3 is 1. The lowest BCUT2D eigenvalue weighted by atomic mass is 10.1. The Bertz CT molecular complexity index is 783. The van der Waals surface area contributed by atoms with Crippen LogP contribution in [0.4, 0.5) is 0 Å². The maximum atomic E-state index is 12.2. The summed E-state index contributed by atoms with van der Waals surface area (Å²) in [5.41, 5.74) is 0.897. The van der Waals surface area contributed by atoms with Crippen LogP contribution in [-0.2, 0) is 11.3 Å². The third-order valence-corrected chi connectivity index (χ3v) is 3.19. The van der Waals surface area contributed by atoms with Gasteiger partial charge >= 0.3 is 5.97 Å². The summed E-state index contributed by atoms with van der Waals surface area (Å²) < 4.78 is 5.93. The van der Waals surface area contributed by atoms with Crippen molar-refractivity contribution in [3.8, 4) is 0 Å². The molecule has 7 heteroatoms. The van der Waals surface area contributed by atoms with Gasteiger partial charge in [0.25, 0.3) is 11.5 Å². The quantitative estimate of drug-likeness (QED) is 0.823. The number of hydrogen-bond donors (Lipinski definition) is 1. The Morgan fingerprint density at radius 3 is 2.57 bits per heavy atom. The molecule has 1 aromatic carbocycles. The maximum Gasteiger partial charge on any atom is 0.338 e. The van der Waals surface area contributed by atoms with Crippen LogP contribution in [0.15, 0.2) is 41.2 Å². The van der Waals surface area contributed by atoms with Crippen LogP contribution in [0.3, 0.4) is 0 Å². The molecular weight excluding hydrogens is 298 g/mol. The number of rotatable bonds is 5. The Kier molecular flexibility index (Phi) is 5.24. The fraction of sp³-hybridized carbons (Fsp3) is 0.250. The second-order valence-corrected chi connectivity index (χ2v) is 4.83. The van der Waals surface area contributed by atoms with E-state index in [0.717, 1.165) is 0 Å². The zero-order valence-electron chi connectivity index (χ0n) is 12.9. The molecule has 2 aromatic rings. The van der Waals surface area contributed by atoms with Crippen molar-refractivity contribution in [2.24, 2.45) is 0 Å². The summed E-state index contributed by atoms with van der Waals surface area (Å²) in [5.74, 6) is -0.987. The molecule has 0 bridgehead atoms. The molecular formula is C16H17N3O4. The minimum Gasteiger partial charge on any atom is -0.465 e. The van der Waals surface area contributed by atoms with Gasteiger partial charge in [-0.05, 0) is 25.1 Å². The first-order chi connectivity index (χ1) is 11.0. The molecule has 0 radical (unpaired) electrons. The van der Waals surface area contributed by atoms with E-state index in [1.165, 1.54) is 23.9 Å². The number of ether oxygens (including phenoxy) is 1. The number of aromatic nitrogens is 2.